The Morgan fingerprint density at radius 3 is 2.68 bits per heavy atom. The normalized spacial score (nSPS) is 12.0. The fourth-order valence-electron chi connectivity index (χ4n) is 1.97. The van der Waals surface area contributed by atoms with Crippen LogP contribution in [-0.4, -0.2) is 17.6 Å². The Bertz CT molecular complexity index is 774. The number of rotatable bonds is 4. The zero-order valence-corrected chi connectivity index (χ0v) is 11.1. The first-order valence-corrected chi connectivity index (χ1v) is 6.20. The third-order valence-corrected chi connectivity index (χ3v) is 3.01. The monoisotopic (exact) mass is 302 g/mol. The number of benzene rings is 2. The van der Waals surface area contributed by atoms with E-state index in [0.717, 1.165) is 6.07 Å². The fourth-order valence-corrected chi connectivity index (χ4v) is 1.97. The number of amides is 1. The van der Waals surface area contributed by atoms with Crippen molar-refractivity contribution < 1.29 is 23.9 Å². The van der Waals surface area contributed by atoms with Gasteiger partial charge in [0.2, 0.25) is 18.4 Å². The molecule has 2 aromatic carbocycles. The van der Waals surface area contributed by atoms with Crippen LogP contribution in [0.4, 0.5) is 5.69 Å². The van der Waals surface area contributed by atoms with E-state index in [0.29, 0.717) is 17.2 Å². The van der Waals surface area contributed by atoms with Gasteiger partial charge in [-0.2, -0.15) is 0 Å². The molecule has 3 rings (SSSR count). The molecule has 1 aliphatic heterocycles. The molecule has 2 aromatic rings. The summed E-state index contributed by atoms with van der Waals surface area (Å²) in [5.41, 5.74) is 4.79. The van der Waals surface area contributed by atoms with Crippen LogP contribution in [-0.2, 0) is 0 Å². The van der Waals surface area contributed by atoms with Gasteiger partial charge in [-0.05, 0) is 24.3 Å². The molecule has 0 spiro atoms. The van der Waals surface area contributed by atoms with Gasteiger partial charge >= 0.3 is 5.69 Å². The Balaban J connectivity index is 1.94. The van der Waals surface area contributed by atoms with Crippen molar-refractivity contribution in [2.24, 2.45) is 5.73 Å². The molecule has 2 N–H and O–H groups in total. The van der Waals surface area contributed by atoms with E-state index < -0.39 is 10.8 Å². The lowest BCUT2D eigenvalue weighted by Gasteiger charge is -2.07. The molecule has 0 aliphatic carbocycles. The number of nitrogens with zero attached hydrogens (tertiary/aromatic N) is 1. The number of nitrogens with two attached hydrogens (primary N) is 1. The summed E-state index contributed by atoms with van der Waals surface area (Å²) in [6.45, 7) is 0.117. The highest BCUT2D eigenvalue weighted by Gasteiger charge is 2.20. The molecule has 1 aliphatic rings. The van der Waals surface area contributed by atoms with Gasteiger partial charge in [-0.15, -0.1) is 0 Å². The van der Waals surface area contributed by atoms with Crippen molar-refractivity contribution in [3.63, 3.8) is 0 Å². The molecule has 0 saturated carbocycles. The lowest BCUT2D eigenvalue weighted by molar-refractivity contribution is -0.385. The molecule has 8 nitrogen and oxygen atoms in total. The second-order valence-electron chi connectivity index (χ2n) is 4.42. The summed E-state index contributed by atoms with van der Waals surface area (Å²) in [6, 6.07) is 8.56. The molecule has 0 fully saturated rings. The maximum Gasteiger partial charge on any atom is 0.312 e. The number of hydrogen-bond donors (Lipinski definition) is 1. The second-order valence-corrected chi connectivity index (χ2v) is 4.42. The Morgan fingerprint density at radius 2 is 1.95 bits per heavy atom. The summed E-state index contributed by atoms with van der Waals surface area (Å²) in [6.07, 6.45) is 0. The van der Waals surface area contributed by atoms with Crippen LogP contribution >= 0.6 is 0 Å². The summed E-state index contributed by atoms with van der Waals surface area (Å²) < 4.78 is 15.9. The molecule has 0 unspecified atom stereocenters. The average Bonchev–Trinajstić information content (AvgIpc) is 2.94. The first-order valence-electron chi connectivity index (χ1n) is 6.20. The van der Waals surface area contributed by atoms with E-state index in [1.165, 1.54) is 12.1 Å². The van der Waals surface area contributed by atoms with Gasteiger partial charge in [0.15, 0.2) is 11.5 Å². The second kappa shape index (κ2) is 5.24. The molecular weight excluding hydrogens is 292 g/mol. The minimum atomic E-state index is -0.752. The number of carbonyl (C=O) groups excluding carboxylic acids is 1. The summed E-state index contributed by atoms with van der Waals surface area (Å²) >= 11 is 0. The van der Waals surface area contributed by atoms with Gasteiger partial charge in [-0.25, -0.2) is 0 Å². The first-order chi connectivity index (χ1) is 10.5. The number of fused-ring (bicyclic) bond motifs is 1. The summed E-state index contributed by atoms with van der Waals surface area (Å²) in [4.78, 5) is 21.6. The number of primary amides is 1. The smallest absolute Gasteiger partial charge is 0.312 e. The Hall–Kier alpha value is -3.29. The number of nitro groups is 1. The van der Waals surface area contributed by atoms with E-state index in [2.05, 4.69) is 0 Å². The molecule has 22 heavy (non-hydrogen) atoms. The zero-order valence-electron chi connectivity index (χ0n) is 11.1. The molecular formula is C14H10N2O6. The molecule has 0 radical (unpaired) electrons. The predicted octanol–water partition coefficient (Wildman–Crippen LogP) is 2.21. The quantitative estimate of drug-likeness (QED) is 0.684. The minimum absolute atomic E-state index is 0.00568. The molecule has 0 atom stereocenters. The van der Waals surface area contributed by atoms with E-state index in [1.54, 1.807) is 18.2 Å². The molecule has 0 saturated heterocycles. The van der Waals surface area contributed by atoms with Crippen molar-refractivity contribution in [2.75, 3.05) is 6.79 Å². The third-order valence-electron chi connectivity index (χ3n) is 3.01. The van der Waals surface area contributed by atoms with Crippen LogP contribution in [0.1, 0.15) is 10.4 Å². The van der Waals surface area contributed by atoms with Crippen molar-refractivity contribution in [3.05, 3.63) is 52.1 Å². The van der Waals surface area contributed by atoms with E-state index in [1.807, 2.05) is 0 Å². The average molecular weight is 302 g/mol. The van der Waals surface area contributed by atoms with Crippen LogP contribution < -0.4 is 19.9 Å². The Labute approximate surface area is 124 Å². The summed E-state index contributed by atoms with van der Waals surface area (Å²) in [5.74, 6) is 0.658. The molecule has 0 aromatic heterocycles. The lowest BCUT2D eigenvalue weighted by Crippen LogP contribution is -2.11. The van der Waals surface area contributed by atoms with Gasteiger partial charge in [0.05, 0.1) is 4.92 Å². The summed E-state index contributed by atoms with van der Waals surface area (Å²) in [7, 11) is 0. The number of nitro benzene ring substituents is 1. The topological polar surface area (TPSA) is 114 Å². The van der Waals surface area contributed by atoms with Crippen LogP contribution in [0.25, 0.3) is 0 Å². The standard InChI is InChI=1S/C14H10N2O6/c15-14(17)8-1-3-11(10(5-8)16(18)19)22-9-2-4-12-13(6-9)21-7-20-12/h1-6H,7H2,(H2,15,17). The molecule has 112 valence electrons. The highest BCUT2D eigenvalue weighted by atomic mass is 16.7. The van der Waals surface area contributed by atoms with E-state index in [-0.39, 0.29) is 23.8 Å². The van der Waals surface area contributed by atoms with Crippen molar-refractivity contribution in [3.8, 4) is 23.0 Å². The van der Waals surface area contributed by atoms with Crippen LogP contribution in [0.3, 0.4) is 0 Å². The van der Waals surface area contributed by atoms with E-state index >= 15 is 0 Å². The van der Waals surface area contributed by atoms with Gasteiger partial charge in [0.1, 0.15) is 5.75 Å². The van der Waals surface area contributed by atoms with E-state index in [4.69, 9.17) is 19.9 Å². The van der Waals surface area contributed by atoms with Crippen molar-refractivity contribution >= 4 is 11.6 Å². The molecule has 8 heteroatoms. The molecule has 1 heterocycles. The first kappa shape index (κ1) is 13.7. The molecule has 1 amide bonds. The van der Waals surface area contributed by atoms with Crippen LogP contribution in [0.15, 0.2) is 36.4 Å². The van der Waals surface area contributed by atoms with Gasteiger partial charge in [-0.3, -0.25) is 14.9 Å². The van der Waals surface area contributed by atoms with Crippen LogP contribution in [0.5, 0.6) is 23.0 Å². The highest BCUT2D eigenvalue weighted by Crippen LogP contribution is 2.38. The molecule has 0 bridgehead atoms. The number of ether oxygens (including phenoxy) is 3. The fraction of sp³-hybridized carbons (Fsp3) is 0.0714. The lowest BCUT2D eigenvalue weighted by atomic mass is 10.2. The predicted molar refractivity (Wildman–Crippen MR) is 74.3 cm³/mol. The van der Waals surface area contributed by atoms with Crippen molar-refractivity contribution in [1.29, 1.82) is 0 Å². The largest absolute Gasteiger partial charge is 0.454 e. The Morgan fingerprint density at radius 1 is 1.18 bits per heavy atom. The minimum Gasteiger partial charge on any atom is -0.454 e. The van der Waals surface area contributed by atoms with Gasteiger partial charge < -0.3 is 19.9 Å². The van der Waals surface area contributed by atoms with Gasteiger partial charge in [0, 0.05) is 17.7 Å². The van der Waals surface area contributed by atoms with Crippen LogP contribution in [0, 0.1) is 10.1 Å². The van der Waals surface area contributed by atoms with Crippen molar-refractivity contribution in [1.82, 2.24) is 0 Å². The van der Waals surface area contributed by atoms with Gasteiger partial charge in [0.25, 0.3) is 0 Å². The maximum atomic E-state index is 11.1. The van der Waals surface area contributed by atoms with Gasteiger partial charge in [-0.1, -0.05) is 0 Å². The highest BCUT2D eigenvalue weighted by molar-refractivity contribution is 5.93. The van der Waals surface area contributed by atoms with Crippen molar-refractivity contribution in [2.45, 2.75) is 0 Å². The maximum absolute atomic E-state index is 11.1. The zero-order chi connectivity index (χ0) is 15.7. The summed E-state index contributed by atoms with van der Waals surface area (Å²) in [5, 5.41) is 11.1. The van der Waals surface area contributed by atoms with E-state index in [9.17, 15) is 14.9 Å². The Kier molecular flexibility index (Phi) is 3.26. The SMILES string of the molecule is NC(=O)c1ccc(Oc2ccc3c(c2)OCO3)c([N+](=O)[O-])c1. The number of carbonyl (C=O) groups is 1. The number of hydrogen-bond acceptors (Lipinski definition) is 6. The van der Waals surface area contributed by atoms with Crippen LogP contribution in [0.2, 0.25) is 0 Å². The third kappa shape index (κ3) is 2.49.